The number of urea groups is 1. The van der Waals surface area contributed by atoms with Crippen LogP contribution in [-0.4, -0.2) is 17.7 Å². The summed E-state index contributed by atoms with van der Waals surface area (Å²) >= 11 is 0. The largest absolute Gasteiger partial charge is 0.460 e. The number of aliphatic imine (C=N–C) groups is 1. The van der Waals surface area contributed by atoms with Crippen LogP contribution in [0.4, 0.5) is 4.79 Å². The van der Waals surface area contributed by atoms with Crippen molar-refractivity contribution in [1.29, 1.82) is 0 Å². The first kappa shape index (κ1) is 21.3. The minimum absolute atomic E-state index is 0.153. The Morgan fingerprint density at radius 2 is 1.66 bits per heavy atom. The Hall–Kier alpha value is -3.93. The second-order valence-corrected chi connectivity index (χ2v) is 7.74. The van der Waals surface area contributed by atoms with Gasteiger partial charge in [-0.1, -0.05) is 60.2 Å². The van der Waals surface area contributed by atoms with E-state index in [1.54, 1.807) is 6.92 Å². The zero-order valence-electron chi connectivity index (χ0n) is 17.9. The van der Waals surface area contributed by atoms with Gasteiger partial charge in [-0.05, 0) is 49.2 Å². The van der Waals surface area contributed by atoms with E-state index in [1.165, 1.54) is 0 Å². The molecule has 6 nitrogen and oxygen atoms in total. The number of ether oxygens (including phenoxy) is 2. The van der Waals surface area contributed by atoms with E-state index in [0.717, 1.165) is 16.7 Å². The van der Waals surface area contributed by atoms with Crippen molar-refractivity contribution in [3.8, 4) is 11.5 Å². The van der Waals surface area contributed by atoms with Crippen molar-refractivity contribution in [2.24, 2.45) is 10.9 Å². The number of hydrogen-bond acceptors (Lipinski definition) is 4. The van der Waals surface area contributed by atoms with Gasteiger partial charge in [-0.2, -0.15) is 0 Å². The van der Waals surface area contributed by atoms with Crippen LogP contribution in [0.5, 0.6) is 11.5 Å². The smallest absolute Gasteiger partial charge is 0.341 e. The third-order valence-electron chi connectivity index (χ3n) is 5.29. The first-order chi connectivity index (χ1) is 15.5. The number of rotatable bonds is 6. The van der Waals surface area contributed by atoms with Crippen molar-refractivity contribution in [2.75, 3.05) is 0 Å². The Morgan fingerprint density at radius 3 is 2.41 bits per heavy atom. The summed E-state index contributed by atoms with van der Waals surface area (Å²) in [6.07, 6.45) is 0. The standard InChI is InChI=1S/C26H24N2O4/c1-17-11-13-19(14-12-17)16-31-25(29)23-18(2)27-26(30)28-24(23)20-7-6-10-22(15-20)32-21-8-4-3-5-9-21/h3-15,23-24H,16H2,1-2H3,(H,28,30). The van der Waals surface area contributed by atoms with E-state index in [-0.39, 0.29) is 6.61 Å². The molecule has 1 aliphatic heterocycles. The Kier molecular flexibility index (Phi) is 6.31. The van der Waals surface area contributed by atoms with Crippen LogP contribution >= 0.6 is 0 Å². The molecule has 6 heteroatoms. The lowest BCUT2D eigenvalue weighted by Gasteiger charge is -2.30. The highest BCUT2D eigenvalue weighted by Gasteiger charge is 2.38. The van der Waals surface area contributed by atoms with E-state index >= 15 is 0 Å². The van der Waals surface area contributed by atoms with Crippen LogP contribution < -0.4 is 10.1 Å². The molecule has 0 saturated heterocycles. The Balaban J connectivity index is 1.55. The first-order valence-corrected chi connectivity index (χ1v) is 10.4. The van der Waals surface area contributed by atoms with Crippen LogP contribution in [0.1, 0.15) is 29.7 Å². The lowest BCUT2D eigenvalue weighted by atomic mass is 9.88. The monoisotopic (exact) mass is 428 g/mol. The second-order valence-electron chi connectivity index (χ2n) is 7.74. The molecule has 1 aliphatic rings. The van der Waals surface area contributed by atoms with Gasteiger partial charge in [0.1, 0.15) is 24.0 Å². The van der Waals surface area contributed by atoms with Crippen molar-refractivity contribution < 1.29 is 19.1 Å². The number of amides is 2. The lowest BCUT2D eigenvalue weighted by Crippen LogP contribution is -2.44. The minimum atomic E-state index is -0.731. The molecule has 4 rings (SSSR count). The summed E-state index contributed by atoms with van der Waals surface area (Å²) in [5.41, 5.74) is 3.18. The average Bonchev–Trinajstić information content (AvgIpc) is 2.79. The van der Waals surface area contributed by atoms with Gasteiger partial charge in [0, 0.05) is 5.71 Å². The molecule has 0 spiro atoms. The summed E-state index contributed by atoms with van der Waals surface area (Å²) in [5.74, 6) is 0.135. The minimum Gasteiger partial charge on any atom is -0.460 e. The number of hydrogen-bond donors (Lipinski definition) is 1. The van der Waals surface area contributed by atoms with Crippen LogP contribution in [0.2, 0.25) is 0 Å². The topological polar surface area (TPSA) is 77.0 Å². The van der Waals surface area contributed by atoms with E-state index in [9.17, 15) is 9.59 Å². The number of benzene rings is 3. The van der Waals surface area contributed by atoms with Gasteiger partial charge < -0.3 is 14.8 Å². The molecule has 2 unspecified atom stereocenters. The summed E-state index contributed by atoms with van der Waals surface area (Å²) in [4.78, 5) is 29.1. The third kappa shape index (κ3) is 5.03. The fourth-order valence-electron chi connectivity index (χ4n) is 3.63. The van der Waals surface area contributed by atoms with Gasteiger partial charge in [0.2, 0.25) is 0 Å². The number of para-hydroxylation sites is 1. The molecule has 0 aromatic heterocycles. The third-order valence-corrected chi connectivity index (χ3v) is 5.29. The fraction of sp³-hybridized carbons (Fsp3) is 0.192. The van der Waals surface area contributed by atoms with Gasteiger partial charge in [0.15, 0.2) is 0 Å². The van der Waals surface area contributed by atoms with Crippen molar-refractivity contribution in [3.63, 3.8) is 0 Å². The van der Waals surface area contributed by atoms with Gasteiger partial charge in [-0.3, -0.25) is 4.79 Å². The molecule has 0 aliphatic carbocycles. The molecule has 1 N–H and O–H groups in total. The molecule has 1 heterocycles. The average molecular weight is 428 g/mol. The molecule has 2 amide bonds. The summed E-state index contributed by atoms with van der Waals surface area (Å²) < 4.78 is 11.5. The number of esters is 1. The number of nitrogens with one attached hydrogen (secondary N) is 1. The van der Waals surface area contributed by atoms with Crippen molar-refractivity contribution >= 4 is 17.7 Å². The molecular weight excluding hydrogens is 404 g/mol. The normalized spacial score (nSPS) is 17.8. The SMILES string of the molecule is CC1=NC(=O)NC(c2cccc(Oc3ccccc3)c2)C1C(=O)OCc1ccc(C)cc1. The van der Waals surface area contributed by atoms with Gasteiger partial charge in [0.05, 0.1) is 6.04 Å². The summed E-state index contributed by atoms with van der Waals surface area (Å²) in [7, 11) is 0. The number of nitrogens with zero attached hydrogens (tertiary/aromatic N) is 1. The highest BCUT2D eigenvalue weighted by molar-refractivity contribution is 6.08. The lowest BCUT2D eigenvalue weighted by molar-refractivity contribution is -0.148. The maximum Gasteiger partial charge on any atom is 0.341 e. The van der Waals surface area contributed by atoms with E-state index in [0.29, 0.717) is 17.2 Å². The molecule has 0 radical (unpaired) electrons. The van der Waals surface area contributed by atoms with Crippen molar-refractivity contribution in [2.45, 2.75) is 26.5 Å². The van der Waals surface area contributed by atoms with Crippen LogP contribution in [-0.2, 0) is 16.1 Å². The predicted octanol–water partition coefficient (Wildman–Crippen LogP) is 5.37. The van der Waals surface area contributed by atoms with Crippen LogP contribution in [0.15, 0.2) is 83.9 Å². The highest BCUT2D eigenvalue weighted by atomic mass is 16.5. The Morgan fingerprint density at radius 1 is 0.938 bits per heavy atom. The maximum atomic E-state index is 13.0. The summed E-state index contributed by atoms with van der Waals surface area (Å²) in [6.45, 7) is 3.83. The first-order valence-electron chi connectivity index (χ1n) is 10.4. The molecule has 3 aromatic carbocycles. The second kappa shape index (κ2) is 9.47. The van der Waals surface area contributed by atoms with Crippen molar-refractivity contribution in [1.82, 2.24) is 5.32 Å². The van der Waals surface area contributed by atoms with E-state index in [4.69, 9.17) is 9.47 Å². The fourth-order valence-corrected chi connectivity index (χ4v) is 3.63. The molecule has 0 fully saturated rings. The quantitative estimate of drug-likeness (QED) is 0.535. The molecule has 3 aromatic rings. The highest BCUT2D eigenvalue weighted by Crippen LogP contribution is 2.31. The number of carbonyl (C=O) groups is 2. The van der Waals surface area contributed by atoms with Crippen LogP contribution in [0, 0.1) is 12.8 Å². The maximum absolute atomic E-state index is 13.0. The molecule has 162 valence electrons. The van der Waals surface area contributed by atoms with Crippen molar-refractivity contribution in [3.05, 3.63) is 95.6 Å². The Labute approximate surface area is 186 Å². The number of carbonyl (C=O) groups excluding carboxylic acids is 2. The molecule has 2 atom stereocenters. The van der Waals surface area contributed by atoms with Crippen LogP contribution in [0.3, 0.4) is 0 Å². The van der Waals surface area contributed by atoms with E-state index in [2.05, 4.69) is 10.3 Å². The number of aryl methyl sites for hydroxylation is 1. The van der Waals surface area contributed by atoms with E-state index < -0.39 is 24.0 Å². The molecule has 0 bridgehead atoms. The zero-order valence-corrected chi connectivity index (χ0v) is 17.9. The summed E-state index contributed by atoms with van der Waals surface area (Å²) in [5, 5.41) is 2.81. The molecule has 32 heavy (non-hydrogen) atoms. The predicted molar refractivity (Wildman–Crippen MR) is 122 cm³/mol. The Bertz CT molecular complexity index is 1140. The van der Waals surface area contributed by atoms with Gasteiger partial charge in [-0.25, -0.2) is 9.79 Å². The summed E-state index contributed by atoms with van der Waals surface area (Å²) in [6, 6.07) is 23.4. The van der Waals surface area contributed by atoms with Gasteiger partial charge in [-0.15, -0.1) is 0 Å². The van der Waals surface area contributed by atoms with E-state index in [1.807, 2.05) is 85.8 Å². The zero-order chi connectivity index (χ0) is 22.5. The molecule has 0 saturated carbocycles. The van der Waals surface area contributed by atoms with Crippen LogP contribution in [0.25, 0.3) is 0 Å². The van der Waals surface area contributed by atoms with Gasteiger partial charge in [0.25, 0.3) is 0 Å². The molecular formula is C26H24N2O4. The van der Waals surface area contributed by atoms with Gasteiger partial charge >= 0.3 is 12.0 Å².